The molecule has 0 heterocycles. The molecule has 0 spiro atoms. The van der Waals surface area contributed by atoms with Crippen LogP contribution >= 0.6 is 23.2 Å². The first-order chi connectivity index (χ1) is 9.93. The number of benzene rings is 2. The molecular formula is C15H15Cl2NO2S. The van der Waals surface area contributed by atoms with E-state index in [1.54, 1.807) is 18.2 Å². The van der Waals surface area contributed by atoms with Crippen LogP contribution in [-0.2, 0) is 16.4 Å². The Hall–Kier alpha value is -1.07. The molecule has 0 fully saturated rings. The van der Waals surface area contributed by atoms with Crippen LogP contribution in [0, 0.1) is 0 Å². The van der Waals surface area contributed by atoms with Gasteiger partial charge in [0.15, 0.2) is 0 Å². The fourth-order valence-corrected chi connectivity index (χ4v) is 3.69. The quantitative estimate of drug-likeness (QED) is 0.817. The van der Waals surface area contributed by atoms with E-state index in [-0.39, 0.29) is 11.4 Å². The summed E-state index contributed by atoms with van der Waals surface area (Å²) in [5, 5.41) is 2.97. The van der Waals surface area contributed by atoms with E-state index in [1.165, 1.54) is 12.1 Å². The van der Waals surface area contributed by atoms with Gasteiger partial charge in [0.2, 0.25) is 13.5 Å². The van der Waals surface area contributed by atoms with E-state index < -0.39 is 13.5 Å². The Bertz CT molecular complexity index is 673. The second-order valence-corrected chi connectivity index (χ2v) is 8.65. The number of halogens is 2. The van der Waals surface area contributed by atoms with Crippen LogP contribution in [0.1, 0.15) is 5.56 Å². The SMILES string of the molecule is O=S(=O)(c1ccccc1)C(Cl)(Cl)CNCc1ccccc1. The van der Waals surface area contributed by atoms with Gasteiger partial charge in [-0.25, -0.2) is 8.42 Å². The highest BCUT2D eigenvalue weighted by molar-refractivity contribution is 7.95. The van der Waals surface area contributed by atoms with Crippen LogP contribution in [-0.4, -0.2) is 18.6 Å². The molecule has 6 heteroatoms. The Kier molecular flexibility index (Phi) is 5.27. The van der Waals surface area contributed by atoms with Crippen molar-refractivity contribution in [2.45, 2.75) is 15.1 Å². The summed E-state index contributed by atoms with van der Waals surface area (Å²) in [5.74, 6) is 0. The smallest absolute Gasteiger partial charge is 0.234 e. The lowest BCUT2D eigenvalue weighted by molar-refractivity contribution is 0.578. The average Bonchev–Trinajstić information content (AvgIpc) is 2.49. The second-order valence-electron chi connectivity index (χ2n) is 4.54. The summed E-state index contributed by atoms with van der Waals surface area (Å²) in [7, 11) is -3.82. The summed E-state index contributed by atoms with van der Waals surface area (Å²) >= 11 is 12.1. The number of hydrogen-bond donors (Lipinski definition) is 1. The normalized spacial score (nSPS) is 12.3. The highest BCUT2D eigenvalue weighted by atomic mass is 35.5. The molecule has 2 aromatic carbocycles. The summed E-state index contributed by atoms with van der Waals surface area (Å²) in [4.78, 5) is 0.108. The fourth-order valence-electron chi connectivity index (χ4n) is 1.82. The fraction of sp³-hybridized carbons (Fsp3) is 0.200. The van der Waals surface area contributed by atoms with Gasteiger partial charge in [-0.05, 0) is 17.7 Å². The Morgan fingerprint density at radius 1 is 0.905 bits per heavy atom. The van der Waals surface area contributed by atoms with Crippen molar-refractivity contribution in [3.05, 3.63) is 66.2 Å². The molecule has 0 aliphatic carbocycles. The van der Waals surface area contributed by atoms with E-state index in [2.05, 4.69) is 5.32 Å². The van der Waals surface area contributed by atoms with Crippen LogP contribution in [0.15, 0.2) is 65.6 Å². The summed E-state index contributed by atoms with van der Waals surface area (Å²) in [6.45, 7) is 0.425. The van der Waals surface area contributed by atoms with E-state index in [4.69, 9.17) is 23.2 Å². The van der Waals surface area contributed by atoms with Crippen molar-refractivity contribution < 1.29 is 8.42 Å². The van der Waals surface area contributed by atoms with Crippen molar-refractivity contribution in [2.24, 2.45) is 0 Å². The molecule has 0 saturated carbocycles. The third kappa shape index (κ3) is 3.98. The monoisotopic (exact) mass is 343 g/mol. The molecular weight excluding hydrogens is 329 g/mol. The minimum atomic E-state index is -3.82. The molecule has 0 aromatic heterocycles. The van der Waals surface area contributed by atoms with Gasteiger partial charge in [-0.3, -0.25) is 0 Å². The Morgan fingerprint density at radius 2 is 1.43 bits per heavy atom. The summed E-state index contributed by atoms with van der Waals surface area (Å²) in [6, 6.07) is 17.6. The van der Waals surface area contributed by atoms with Crippen molar-refractivity contribution in [3.8, 4) is 0 Å². The highest BCUT2D eigenvalue weighted by Crippen LogP contribution is 2.33. The van der Waals surface area contributed by atoms with E-state index in [1.807, 2.05) is 30.3 Å². The van der Waals surface area contributed by atoms with Crippen LogP contribution in [0.5, 0.6) is 0 Å². The Morgan fingerprint density at radius 3 is 2.00 bits per heavy atom. The molecule has 0 saturated heterocycles. The third-order valence-electron chi connectivity index (χ3n) is 2.95. The maximum atomic E-state index is 12.4. The van der Waals surface area contributed by atoms with Crippen LogP contribution in [0.25, 0.3) is 0 Å². The molecule has 112 valence electrons. The standard InChI is InChI=1S/C15H15Cl2NO2S/c16-15(17,12-18-11-13-7-3-1-4-8-13)21(19,20)14-9-5-2-6-10-14/h1-10,18H,11-12H2. The molecule has 0 atom stereocenters. The van der Waals surface area contributed by atoms with Gasteiger partial charge in [0.25, 0.3) is 0 Å². The predicted molar refractivity (Wildman–Crippen MR) is 86.2 cm³/mol. The number of alkyl halides is 2. The van der Waals surface area contributed by atoms with Crippen LogP contribution < -0.4 is 5.32 Å². The average molecular weight is 344 g/mol. The molecule has 0 aliphatic rings. The Balaban J connectivity index is 2.04. The van der Waals surface area contributed by atoms with Crippen LogP contribution in [0.4, 0.5) is 0 Å². The van der Waals surface area contributed by atoms with Gasteiger partial charge in [-0.1, -0.05) is 71.7 Å². The first kappa shape index (κ1) is 16.3. The molecule has 2 aromatic rings. The maximum Gasteiger partial charge on any atom is 0.234 e. The lowest BCUT2D eigenvalue weighted by Gasteiger charge is -2.20. The van der Waals surface area contributed by atoms with Crippen molar-refractivity contribution in [3.63, 3.8) is 0 Å². The first-order valence-electron chi connectivity index (χ1n) is 6.36. The minimum absolute atomic E-state index is 0.0672. The minimum Gasteiger partial charge on any atom is -0.309 e. The number of rotatable bonds is 6. The van der Waals surface area contributed by atoms with Gasteiger partial charge in [-0.15, -0.1) is 0 Å². The summed E-state index contributed by atoms with van der Waals surface area (Å²) in [5.41, 5.74) is 1.03. The van der Waals surface area contributed by atoms with Gasteiger partial charge in [0.05, 0.1) is 4.90 Å². The lowest BCUT2D eigenvalue weighted by atomic mass is 10.2. The zero-order valence-corrected chi connectivity index (χ0v) is 13.5. The number of sulfone groups is 1. The van der Waals surface area contributed by atoms with E-state index in [0.29, 0.717) is 6.54 Å². The maximum absolute atomic E-state index is 12.4. The summed E-state index contributed by atoms with van der Waals surface area (Å²) < 4.78 is 22.9. The van der Waals surface area contributed by atoms with Crippen molar-refractivity contribution in [1.82, 2.24) is 5.32 Å². The summed E-state index contributed by atoms with van der Waals surface area (Å²) in [6.07, 6.45) is 0. The van der Waals surface area contributed by atoms with Gasteiger partial charge in [0.1, 0.15) is 0 Å². The van der Waals surface area contributed by atoms with Gasteiger partial charge in [0, 0.05) is 13.1 Å². The lowest BCUT2D eigenvalue weighted by Crippen LogP contribution is -2.37. The first-order valence-corrected chi connectivity index (χ1v) is 8.59. The number of nitrogens with one attached hydrogen (secondary N) is 1. The molecule has 0 aliphatic heterocycles. The van der Waals surface area contributed by atoms with Gasteiger partial charge < -0.3 is 5.32 Å². The molecule has 0 bridgehead atoms. The van der Waals surface area contributed by atoms with Gasteiger partial charge in [-0.2, -0.15) is 0 Å². The van der Waals surface area contributed by atoms with E-state index >= 15 is 0 Å². The molecule has 1 N–H and O–H groups in total. The van der Waals surface area contributed by atoms with Gasteiger partial charge >= 0.3 is 0 Å². The largest absolute Gasteiger partial charge is 0.309 e. The third-order valence-corrected chi connectivity index (χ3v) is 6.26. The van der Waals surface area contributed by atoms with Crippen LogP contribution in [0.2, 0.25) is 0 Å². The van der Waals surface area contributed by atoms with Crippen LogP contribution in [0.3, 0.4) is 0 Å². The molecule has 0 amide bonds. The predicted octanol–water partition coefficient (Wildman–Crippen LogP) is 3.38. The van der Waals surface area contributed by atoms with Crippen molar-refractivity contribution >= 4 is 33.0 Å². The zero-order valence-electron chi connectivity index (χ0n) is 11.2. The topological polar surface area (TPSA) is 46.2 Å². The van der Waals surface area contributed by atoms with Crippen molar-refractivity contribution in [1.29, 1.82) is 0 Å². The Labute approximate surface area is 134 Å². The highest BCUT2D eigenvalue weighted by Gasteiger charge is 2.40. The second kappa shape index (κ2) is 6.79. The zero-order chi connectivity index (χ0) is 15.3. The molecule has 3 nitrogen and oxygen atoms in total. The van der Waals surface area contributed by atoms with E-state index in [9.17, 15) is 8.42 Å². The van der Waals surface area contributed by atoms with E-state index in [0.717, 1.165) is 5.56 Å². The molecule has 0 radical (unpaired) electrons. The molecule has 0 unspecified atom stereocenters. The molecule has 2 rings (SSSR count). The molecule has 21 heavy (non-hydrogen) atoms. The van der Waals surface area contributed by atoms with Crippen molar-refractivity contribution in [2.75, 3.05) is 6.54 Å². The number of hydrogen-bond acceptors (Lipinski definition) is 3.